The number of aliphatic carboxylic acids is 1. The third kappa shape index (κ3) is 39.6. The van der Waals surface area contributed by atoms with Crippen molar-refractivity contribution in [1.29, 1.82) is 0 Å². The number of carboxylic acid groups (broad SMARTS) is 1. The van der Waals surface area contributed by atoms with Crippen LogP contribution in [0.4, 0.5) is 0 Å². The van der Waals surface area contributed by atoms with E-state index in [-0.39, 0.29) is 43.4 Å². The largest absolute Gasteiger partial charge is 0.481 e. The van der Waals surface area contributed by atoms with E-state index in [9.17, 15) is 24.0 Å². The lowest BCUT2D eigenvalue weighted by Gasteiger charge is -2.13. The van der Waals surface area contributed by atoms with Crippen LogP contribution in [0.25, 0.3) is 0 Å². The van der Waals surface area contributed by atoms with Gasteiger partial charge in [-0.3, -0.25) is 28.9 Å². The number of rotatable bonds is 48. The average Bonchev–Trinajstić information content (AvgIpc) is 3.57. The highest BCUT2D eigenvalue weighted by Crippen LogP contribution is 2.15. The van der Waals surface area contributed by atoms with Crippen molar-refractivity contribution in [3.05, 3.63) is 12.2 Å². The summed E-state index contributed by atoms with van der Waals surface area (Å²) >= 11 is 0. The molecule has 0 aromatic carbocycles. The fourth-order valence-corrected chi connectivity index (χ4v) is 6.69. The van der Waals surface area contributed by atoms with E-state index < -0.39 is 5.97 Å². The molecule has 0 spiro atoms. The highest BCUT2D eigenvalue weighted by molar-refractivity contribution is 6.12. The molecule has 0 aliphatic carbocycles. The van der Waals surface area contributed by atoms with Gasteiger partial charge < -0.3 is 44.2 Å². The third-order valence-corrected chi connectivity index (χ3v) is 10.2. The van der Waals surface area contributed by atoms with E-state index in [4.69, 9.17) is 33.5 Å². The number of carbonyl (C=O) groups excluding carboxylic acids is 4. The van der Waals surface area contributed by atoms with Crippen molar-refractivity contribution in [2.75, 3.05) is 98.9 Å². The monoisotopic (exact) mass is 870 g/mol. The number of hydrogen-bond acceptors (Lipinski definition) is 11. The lowest BCUT2D eigenvalue weighted by molar-refractivity contribution is -0.138. The summed E-state index contributed by atoms with van der Waals surface area (Å²) < 4.78 is 32.6. The summed E-state index contributed by atoms with van der Waals surface area (Å²) in [5.74, 6) is -1.58. The van der Waals surface area contributed by atoms with Gasteiger partial charge in [-0.2, -0.15) is 0 Å². The molecule has 0 aromatic rings. The quantitative estimate of drug-likeness (QED) is 0.0435. The van der Waals surface area contributed by atoms with Crippen molar-refractivity contribution in [2.45, 2.75) is 154 Å². The number of ether oxygens (including phenoxy) is 6. The highest BCUT2D eigenvalue weighted by atomic mass is 16.6. The molecule has 15 heteroatoms. The van der Waals surface area contributed by atoms with Crippen LogP contribution in [0.2, 0.25) is 0 Å². The molecule has 354 valence electrons. The number of imide groups is 1. The predicted molar refractivity (Wildman–Crippen MR) is 235 cm³/mol. The van der Waals surface area contributed by atoms with Gasteiger partial charge in [-0.1, -0.05) is 122 Å². The number of carboxylic acids is 1. The summed E-state index contributed by atoms with van der Waals surface area (Å²) in [5.41, 5.74) is 0. The number of nitrogens with zero attached hydrogens (tertiary/aromatic N) is 1. The van der Waals surface area contributed by atoms with E-state index in [2.05, 4.69) is 10.6 Å². The maximum atomic E-state index is 12.0. The molecule has 0 fully saturated rings. The molecule has 0 saturated heterocycles. The molecule has 0 radical (unpaired) electrons. The van der Waals surface area contributed by atoms with Crippen LogP contribution in [0.1, 0.15) is 154 Å². The fourth-order valence-electron chi connectivity index (χ4n) is 6.69. The van der Waals surface area contributed by atoms with E-state index in [1.54, 1.807) is 0 Å². The van der Waals surface area contributed by atoms with Crippen LogP contribution < -0.4 is 10.6 Å². The van der Waals surface area contributed by atoms with Crippen molar-refractivity contribution in [1.82, 2.24) is 15.5 Å². The van der Waals surface area contributed by atoms with Gasteiger partial charge in [0.05, 0.1) is 66.1 Å². The minimum absolute atomic E-state index is 0.0438. The lowest BCUT2D eigenvalue weighted by atomic mass is 10.0. The average molecular weight is 870 g/mol. The van der Waals surface area contributed by atoms with E-state index >= 15 is 0 Å². The first-order valence-electron chi connectivity index (χ1n) is 23.7. The minimum atomic E-state index is -0.672. The molecule has 0 atom stereocenters. The Bertz CT molecular complexity index is 1110. The zero-order valence-corrected chi connectivity index (χ0v) is 37.6. The Kier molecular flexibility index (Phi) is 40.2. The van der Waals surface area contributed by atoms with Gasteiger partial charge in [0.15, 0.2) is 0 Å². The summed E-state index contributed by atoms with van der Waals surface area (Å²) in [5, 5.41) is 14.3. The van der Waals surface area contributed by atoms with Crippen LogP contribution >= 0.6 is 0 Å². The van der Waals surface area contributed by atoms with E-state index in [1.807, 2.05) is 0 Å². The van der Waals surface area contributed by atoms with Gasteiger partial charge in [0.25, 0.3) is 11.8 Å². The van der Waals surface area contributed by atoms with E-state index in [1.165, 1.54) is 126 Å². The Labute approximate surface area is 367 Å². The summed E-state index contributed by atoms with van der Waals surface area (Å²) in [6, 6.07) is 0. The van der Waals surface area contributed by atoms with E-state index in [0.29, 0.717) is 98.4 Å². The summed E-state index contributed by atoms with van der Waals surface area (Å²) in [6.45, 7) is 5.42. The van der Waals surface area contributed by atoms with Gasteiger partial charge in [0.1, 0.15) is 13.2 Å². The Morgan fingerprint density at radius 3 is 1.02 bits per heavy atom. The summed E-state index contributed by atoms with van der Waals surface area (Å²) in [6.07, 6.45) is 30.7. The molecule has 1 aliphatic heterocycles. The first-order valence-corrected chi connectivity index (χ1v) is 23.7. The lowest BCUT2D eigenvalue weighted by Crippen LogP contribution is -2.32. The fraction of sp³-hybridized carbons (Fsp3) is 0.848. The highest BCUT2D eigenvalue weighted by Gasteiger charge is 2.22. The van der Waals surface area contributed by atoms with Crippen molar-refractivity contribution >= 4 is 29.6 Å². The maximum Gasteiger partial charge on any atom is 0.303 e. The van der Waals surface area contributed by atoms with Crippen molar-refractivity contribution < 1.29 is 57.5 Å². The van der Waals surface area contributed by atoms with Gasteiger partial charge in [-0.25, -0.2) is 0 Å². The second-order valence-electron chi connectivity index (χ2n) is 15.7. The standard InChI is InChI=1S/C46H83N3O12/c50-42(47-27-21-19-17-15-13-11-9-7-5-3-1-2-4-6-8-10-12-14-16-18-20-24-46(54)55)40-60-38-36-58-34-32-56-30-31-57-33-35-59-37-39-61-41-43(51)48-28-22-23-29-49-44(52)25-26-45(49)53/h25-26H,1-24,27-41H2,(H,47,50)(H,48,51)(H,54,55). The molecule has 0 unspecified atom stereocenters. The molecular weight excluding hydrogens is 787 g/mol. The van der Waals surface area contributed by atoms with Gasteiger partial charge >= 0.3 is 5.97 Å². The number of hydrogen-bond donors (Lipinski definition) is 3. The molecule has 1 rings (SSSR count). The van der Waals surface area contributed by atoms with Crippen LogP contribution in [0.15, 0.2) is 12.2 Å². The van der Waals surface area contributed by atoms with Crippen LogP contribution in [0, 0.1) is 0 Å². The second-order valence-corrected chi connectivity index (χ2v) is 15.7. The first kappa shape index (κ1) is 56.1. The molecule has 3 N–H and O–H groups in total. The number of nitrogens with one attached hydrogen (secondary N) is 2. The van der Waals surface area contributed by atoms with E-state index in [0.717, 1.165) is 25.7 Å². The topological polar surface area (TPSA) is 188 Å². The Morgan fingerprint density at radius 2 is 0.689 bits per heavy atom. The summed E-state index contributed by atoms with van der Waals surface area (Å²) in [4.78, 5) is 58.5. The molecule has 1 aliphatic rings. The third-order valence-electron chi connectivity index (χ3n) is 10.2. The van der Waals surface area contributed by atoms with Crippen LogP contribution in [0.5, 0.6) is 0 Å². The smallest absolute Gasteiger partial charge is 0.303 e. The molecule has 61 heavy (non-hydrogen) atoms. The van der Waals surface area contributed by atoms with Crippen LogP contribution in [-0.2, 0) is 52.4 Å². The normalized spacial score (nSPS) is 12.5. The Hall–Kier alpha value is -2.95. The van der Waals surface area contributed by atoms with Gasteiger partial charge in [0.2, 0.25) is 11.8 Å². The predicted octanol–water partition coefficient (Wildman–Crippen LogP) is 6.69. The Morgan fingerprint density at radius 1 is 0.410 bits per heavy atom. The van der Waals surface area contributed by atoms with Crippen LogP contribution in [-0.4, -0.2) is 139 Å². The number of carbonyl (C=O) groups is 5. The van der Waals surface area contributed by atoms with Crippen molar-refractivity contribution in [3.63, 3.8) is 0 Å². The van der Waals surface area contributed by atoms with Gasteiger partial charge in [0, 0.05) is 38.2 Å². The van der Waals surface area contributed by atoms with Gasteiger partial charge in [-0.05, 0) is 25.7 Å². The molecule has 15 nitrogen and oxygen atoms in total. The first-order chi connectivity index (χ1) is 29.9. The minimum Gasteiger partial charge on any atom is -0.481 e. The summed E-state index contributed by atoms with van der Waals surface area (Å²) in [7, 11) is 0. The van der Waals surface area contributed by atoms with Crippen molar-refractivity contribution in [3.8, 4) is 0 Å². The molecule has 0 aromatic heterocycles. The second kappa shape index (κ2) is 43.7. The molecule has 1 heterocycles. The van der Waals surface area contributed by atoms with Crippen molar-refractivity contribution in [2.24, 2.45) is 0 Å². The number of unbranched alkanes of at least 4 members (excludes halogenated alkanes) is 21. The Balaban J connectivity index is 1.67. The molecule has 0 saturated carbocycles. The zero-order valence-electron chi connectivity index (χ0n) is 37.6. The zero-order chi connectivity index (χ0) is 44.1. The SMILES string of the molecule is O=C(O)CCCCCCCCCCCCCCCCCCCCCCCNC(=O)COCCOCCOCCOCCOCCOCC(=O)NCCCCN1C(=O)C=CC1=O. The molecule has 4 amide bonds. The molecular formula is C46H83N3O12. The maximum absolute atomic E-state index is 12.0. The van der Waals surface area contributed by atoms with Gasteiger partial charge in [-0.15, -0.1) is 0 Å². The van der Waals surface area contributed by atoms with Crippen LogP contribution in [0.3, 0.4) is 0 Å². The molecule has 0 bridgehead atoms. The number of amides is 4.